The average Bonchev–Trinajstić information content (AvgIpc) is 2.93. The van der Waals surface area contributed by atoms with Crippen molar-refractivity contribution in [2.75, 3.05) is 6.54 Å². The molecule has 10 heteroatoms. The lowest BCUT2D eigenvalue weighted by Crippen LogP contribution is -2.43. The summed E-state index contributed by atoms with van der Waals surface area (Å²) in [6.07, 6.45) is 0. The van der Waals surface area contributed by atoms with Crippen LogP contribution in [0, 0.1) is 0 Å². The number of hydrogen-bond donors (Lipinski definition) is 2. The van der Waals surface area contributed by atoms with Gasteiger partial charge in [-0.05, 0) is 16.7 Å². The van der Waals surface area contributed by atoms with Crippen molar-refractivity contribution in [3.8, 4) is 0 Å². The van der Waals surface area contributed by atoms with Gasteiger partial charge in [0.2, 0.25) is 5.91 Å². The summed E-state index contributed by atoms with van der Waals surface area (Å²) >= 11 is 0. The highest BCUT2D eigenvalue weighted by molar-refractivity contribution is 7.80. The van der Waals surface area contributed by atoms with E-state index in [0.29, 0.717) is 16.2 Å². The Labute approximate surface area is 161 Å². The van der Waals surface area contributed by atoms with Crippen molar-refractivity contribution in [1.82, 2.24) is 15.3 Å². The first-order chi connectivity index (χ1) is 13.3. The highest BCUT2D eigenvalue weighted by atomic mass is 32.3. The Morgan fingerprint density at radius 3 is 2.43 bits per heavy atom. The second-order valence-electron chi connectivity index (χ2n) is 6.51. The van der Waals surface area contributed by atoms with Crippen molar-refractivity contribution >= 4 is 22.3 Å². The van der Waals surface area contributed by atoms with E-state index in [4.69, 9.17) is 4.55 Å². The molecule has 1 saturated heterocycles. The molecule has 0 unspecified atom stereocenters. The van der Waals surface area contributed by atoms with E-state index in [-0.39, 0.29) is 13.1 Å². The van der Waals surface area contributed by atoms with Gasteiger partial charge >= 0.3 is 16.4 Å². The van der Waals surface area contributed by atoms with Gasteiger partial charge in [0.05, 0.1) is 6.54 Å². The molecule has 2 heterocycles. The van der Waals surface area contributed by atoms with Crippen LogP contribution < -0.4 is 5.32 Å². The highest BCUT2D eigenvalue weighted by Crippen LogP contribution is 2.44. The van der Waals surface area contributed by atoms with Gasteiger partial charge in [0, 0.05) is 6.54 Å². The fourth-order valence-corrected chi connectivity index (χ4v) is 3.99. The largest absolute Gasteiger partial charge is 0.418 e. The minimum Gasteiger partial charge on any atom is -0.350 e. The van der Waals surface area contributed by atoms with Crippen LogP contribution in [0.5, 0.6) is 0 Å². The SMILES string of the molecule is O=C(NCc1ccccc1)[C@H]1c2ccccc2[C@H]2CN1C(=O)N2OS(=O)(=O)O. The standard InChI is InChI=1S/C18H17N3O6S/c22-17(19-10-12-6-2-1-3-7-12)16-14-9-5-4-8-13(14)15-11-20(16)18(23)21(15)27-28(24,25)26/h1-9,15-16H,10-11H2,(H,19,22)(H,24,25,26)/t15-,16-/m1/s1. The molecule has 1 fully saturated rings. The Kier molecular flexibility index (Phi) is 4.53. The summed E-state index contributed by atoms with van der Waals surface area (Å²) in [6.45, 7) is 0.351. The van der Waals surface area contributed by atoms with E-state index in [0.717, 1.165) is 5.56 Å². The van der Waals surface area contributed by atoms with E-state index in [9.17, 15) is 18.0 Å². The van der Waals surface area contributed by atoms with Crippen molar-refractivity contribution in [2.24, 2.45) is 0 Å². The number of rotatable bonds is 5. The molecule has 2 aromatic carbocycles. The average molecular weight is 403 g/mol. The topological polar surface area (TPSA) is 116 Å². The maximum atomic E-state index is 12.9. The maximum Gasteiger partial charge on any atom is 0.418 e. The number of amides is 3. The van der Waals surface area contributed by atoms with Gasteiger partial charge in [0.15, 0.2) is 0 Å². The number of nitrogens with one attached hydrogen (secondary N) is 1. The Morgan fingerprint density at radius 1 is 1.11 bits per heavy atom. The fourth-order valence-electron chi connectivity index (χ4n) is 3.62. The Hall–Kier alpha value is -2.95. The molecule has 2 aromatic rings. The molecule has 2 aliphatic heterocycles. The molecule has 3 amide bonds. The first kappa shape index (κ1) is 18.4. The number of nitrogens with zero attached hydrogens (tertiary/aromatic N) is 2. The summed E-state index contributed by atoms with van der Waals surface area (Å²) in [6, 6.07) is 13.7. The Balaban J connectivity index is 1.64. The number of fused-ring (bicyclic) bond motifs is 4. The highest BCUT2D eigenvalue weighted by Gasteiger charge is 2.51. The minimum atomic E-state index is -4.89. The predicted molar refractivity (Wildman–Crippen MR) is 96.8 cm³/mol. The molecule has 0 aromatic heterocycles. The van der Waals surface area contributed by atoms with Gasteiger partial charge < -0.3 is 10.2 Å². The van der Waals surface area contributed by atoms with Gasteiger partial charge in [-0.2, -0.15) is 13.5 Å². The molecule has 9 nitrogen and oxygen atoms in total. The molecule has 28 heavy (non-hydrogen) atoms. The van der Waals surface area contributed by atoms with Crippen molar-refractivity contribution in [3.05, 3.63) is 71.3 Å². The van der Waals surface area contributed by atoms with Crippen molar-refractivity contribution in [2.45, 2.75) is 18.6 Å². The Morgan fingerprint density at radius 2 is 1.75 bits per heavy atom. The molecule has 4 rings (SSSR count). The third-order valence-corrected chi connectivity index (χ3v) is 5.13. The molecule has 0 aliphatic carbocycles. The third-order valence-electron chi connectivity index (χ3n) is 4.78. The second-order valence-corrected chi connectivity index (χ2v) is 7.52. The molecule has 0 saturated carbocycles. The lowest BCUT2D eigenvalue weighted by atomic mass is 9.90. The predicted octanol–water partition coefficient (Wildman–Crippen LogP) is 1.57. The van der Waals surface area contributed by atoms with Gasteiger partial charge in [-0.15, -0.1) is 4.28 Å². The van der Waals surface area contributed by atoms with E-state index >= 15 is 0 Å². The number of carbonyl (C=O) groups excluding carboxylic acids is 2. The van der Waals surface area contributed by atoms with Crippen LogP contribution in [0.2, 0.25) is 0 Å². The van der Waals surface area contributed by atoms with E-state index in [2.05, 4.69) is 9.60 Å². The summed E-state index contributed by atoms with van der Waals surface area (Å²) in [5.41, 5.74) is 2.08. The van der Waals surface area contributed by atoms with Crippen LogP contribution >= 0.6 is 0 Å². The first-order valence-electron chi connectivity index (χ1n) is 8.52. The zero-order chi connectivity index (χ0) is 19.9. The number of urea groups is 1. The maximum absolute atomic E-state index is 12.9. The van der Waals surface area contributed by atoms with E-state index in [1.165, 1.54) is 4.90 Å². The first-order valence-corrected chi connectivity index (χ1v) is 9.89. The van der Waals surface area contributed by atoms with E-state index < -0.39 is 34.4 Å². The Bertz CT molecular complexity index is 1030. The normalized spacial score (nSPS) is 20.8. The number of carbonyl (C=O) groups is 2. The molecule has 2 atom stereocenters. The number of hydrogen-bond acceptors (Lipinski definition) is 5. The van der Waals surface area contributed by atoms with Crippen LogP contribution in [0.1, 0.15) is 28.8 Å². The molecular weight excluding hydrogens is 386 g/mol. The summed E-state index contributed by atoms with van der Waals surface area (Å²) in [5.74, 6) is -0.392. The van der Waals surface area contributed by atoms with Crippen molar-refractivity contribution < 1.29 is 26.8 Å². The van der Waals surface area contributed by atoms with E-state index in [1.54, 1.807) is 24.3 Å². The molecular formula is C18H17N3O6S. The number of hydroxylamine groups is 2. The molecule has 2 aliphatic rings. The monoisotopic (exact) mass is 403 g/mol. The van der Waals surface area contributed by atoms with Crippen LogP contribution in [0.15, 0.2) is 54.6 Å². The summed E-state index contributed by atoms with van der Waals surface area (Å²) in [7, 11) is -4.89. The summed E-state index contributed by atoms with van der Waals surface area (Å²) < 4.78 is 35.8. The summed E-state index contributed by atoms with van der Waals surface area (Å²) in [4.78, 5) is 26.9. The quantitative estimate of drug-likeness (QED) is 0.732. The molecule has 0 radical (unpaired) electrons. The number of benzene rings is 2. The lowest BCUT2D eigenvalue weighted by molar-refractivity contribution is -0.125. The van der Waals surface area contributed by atoms with Crippen LogP contribution in [0.4, 0.5) is 4.79 Å². The van der Waals surface area contributed by atoms with Crippen LogP contribution in [-0.4, -0.2) is 41.4 Å². The second kappa shape index (κ2) is 6.89. The molecule has 0 spiro atoms. The van der Waals surface area contributed by atoms with Crippen molar-refractivity contribution in [1.29, 1.82) is 0 Å². The van der Waals surface area contributed by atoms with Crippen LogP contribution in [0.25, 0.3) is 0 Å². The lowest BCUT2D eigenvalue weighted by Gasteiger charge is -2.31. The summed E-state index contributed by atoms with van der Waals surface area (Å²) in [5, 5.41) is 3.41. The van der Waals surface area contributed by atoms with Crippen LogP contribution in [0.3, 0.4) is 0 Å². The smallest absolute Gasteiger partial charge is 0.350 e. The zero-order valence-electron chi connectivity index (χ0n) is 14.6. The van der Waals surface area contributed by atoms with E-state index in [1.807, 2.05) is 30.3 Å². The molecule has 146 valence electrons. The fraction of sp³-hybridized carbons (Fsp3) is 0.222. The van der Waals surface area contributed by atoms with Gasteiger partial charge in [0.25, 0.3) is 0 Å². The molecule has 2 bridgehead atoms. The minimum absolute atomic E-state index is 0.0643. The molecule has 2 N–H and O–H groups in total. The van der Waals surface area contributed by atoms with Crippen molar-refractivity contribution in [3.63, 3.8) is 0 Å². The van der Waals surface area contributed by atoms with Gasteiger partial charge in [-0.1, -0.05) is 54.6 Å². The van der Waals surface area contributed by atoms with Crippen LogP contribution in [-0.2, 0) is 26.0 Å². The van der Waals surface area contributed by atoms with Gasteiger partial charge in [0.1, 0.15) is 12.1 Å². The zero-order valence-corrected chi connectivity index (χ0v) is 15.4. The van der Waals surface area contributed by atoms with Gasteiger partial charge in [-0.25, -0.2) is 4.79 Å². The third kappa shape index (κ3) is 3.33. The van der Waals surface area contributed by atoms with Gasteiger partial charge in [-0.3, -0.25) is 9.35 Å².